The lowest BCUT2D eigenvalue weighted by Gasteiger charge is -2.34. The van der Waals surface area contributed by atoms with Crippen LogP contribution in [0.15, 0.2) is 24.3 Å². The summed E-state index contributed by atoms with van der Waals surface area (Å²) in [5, 5.41) is 0. The Balaban J connectivity index is 1.76. The summed E-state index contributed by atoms with van der Waals surface area (Å²) in [5.41, 5.74) is 0.979. The van der Waals surface area contributed by atoms with E-state index in [2.05, 4.69) is 0 Å². The van der Waals surface area contributed by atoms with Crippen LogP contribution in [-0.2, 0) is 4.79 Å². The van der Waals surface area contributed by atoms with Crippen LogP contribution in [0.2, 0.25) is 0 Å². The van der Waals surface area contributed by atoms with Gasteiger partial charge in [-0.05, 0) is 18.6 Å². The summed E-state index contributed by atoms with van der Waals surface area (Å²) < 4.78 is 30.1. The van der Waals surface area contributed by atoms with E-state index in [0.29, 0.717) is 31.9 Å². The number of hydrogen-bond donors (Lipinski definition) is 0. The van der Waals surface area contributed by atoms with Gasteiger partial charge in [0, 0.05) is 26.2 Å². The number of nitrogens with zero attached hydrogens (tertiary/aromatic N) is 2. The Bertz CT molecular complexity index is 474. The highest BCUT2D eigenvalue weighted by Crippen LogP contribution is 2.16. The molecule has 0 radical (unpaired) electrons. The zero-order chi connectivity index (χ0) is 15.2. The van der Waals surface area contributed by atoms with Crippen molar-refractivity contribution < 1.29 is 18.3 Å². The van der Waals surface area contributed by atoms with Crippen LogP contribution in [0.3, 0.4) is 0 Å². The molecule has 6 heteroatoms. The van der Waals surface area contributed by atoms with Crippen molar-refractivity contribution >= 4 is 5.91 Å². The summed E-state index contributed by atoms with van der Waals surface area (Å²) in [6.07, 6.45) is -2.32. The number of amides is 1. The molecule has 0 aliphatic carbocycles. The Kier molecular flexibility index (Phi) is 5.50. The number of para-hydroxylation sites is 1. The Morgan fingerprint density at radius 2 is 1.90 bits per heavy atom. The van der Waals surface area contributed by atoms with Gasteiger partial charge in [-0.3, -0.25) is 9.69 Å². The normalized spacial score (nSPS) is 16.3. The van der Waals surface area contributed by atoms with Gasteiger partial charge in [0.1, 0.15) is 5.75 Å². The van der Waals surface area contributed by atoms with Crippen molar-refractivity contribution in [1.29, 1.82) is 0 Å². The highest BCUT2D eigenvalue weighted by molar-refractivity contribution is 5.77. The molecule has 4 nitrogen and oxygen atoms in total. The molecule has 0 unspecified atom stereocenters. The lowest BCUT2D eigenvalue weighted by molar-refractivity contribution is -0.135. The van der Waals surface area contributed by atoms with E-state index in [1.165, 1.54) is 0 Å². The zero-order valence-electron chi connectivity index (χ0n) is 12.1. The van der Waals surface area contributed by atoms with Gasteiger partial charge in [-0.2, -0.15) is 0 Å². The number of rotatable bonds is 5. The summed E-state index contributed by atoms with van der Waals surface area (Å²) in [4.78, 5) is 15.4. The Morgan fingerprint density at radius 1 is 1.24 bits per heavy atom. The Labute approximate surface area is 123 Å². The molecule has 1 aromatic rings. The van der Waals surface area contributed by atoms with E-state index >= 15 is 0 Å². The smallest absolute Gasteiger partial charge is 0.260 e. The van der Waals surface area contributed by atoms with Crippen LogP contribution in [0.4, 0.5) is 8.78 Å². The molecule has 0 atom stereocenters. The maximum absolute atomic E-state index is 12.3. The number of carbonyl (C=O) groups excluding carboxylic acids is 1. The van der Waals surface area contributed by atoms with Gasteiger partial charge >= 0.3 is 0 Å². The van der Waals surface area contributed by atoms with Crippen LogP contribution < -0.4 is 4.74 Å². The van der Waals surface area contributed by atoms with Gasteiger partial charge in [-0.15, -0.1) is 0 Å². The van der Waals surface area contributed by atoms with Crippen molar-refractivity contribution in [2.45, 2.75) is 13.3 Å². The number of halogens is 2. The molecule has 2 rings (SSSR count). The Morgan fingerprint density at radius 3 is 2.52 bits per heavy atom. The second-order valence-corrected chi connectivity index (χ2v) is 5.13. The average molecular weight is 298 g/mol. The molecule has 1 saturated heterocycles. The number of benzene rings is 1. The van der Waals surface area contributed by atoms with Crippen molar-refractivity contribution in [1.82, 2.24) is 9.80 Å². The minimum absolute atomic E-state index is 0.0142. The maximum atomic E-state index is 12.3. The molecule has 1 aromatic carbocycles. The fourth-order valence-corrected chi connectivity index (χ4v) is 2.32. The zero-order valence-corrected chi connectivity index (χ0v) is 12.1. The molecule has 0 spiro atoms. The van der Waals surface area contributed by atoms with E-state index < -0.39 is 6.43 Å². The molecule has 21 heavy (non-hydrogen) atoms. The maximum Gasteiger partial charge on any atom is 0.260 e. The summed E-state index contributed by atoms with van der Waals surface area (Å²) in [6, 6.07) is 7.51. The van der Waals surface area contributed by atoms with Gasteiger partial charge in [-0.25, -0.2) is 8.78 Å². The molecule has 1 aliphatic heterocycles. The van der Waals surface area contributed by atoms with E-state index in [1.807, 2.05) is 31.2 Å². The number of alkyl halides is 2. The molecule has 0 aromatic heterocycles. The largest absolute Gasteiger partial charge is 0.484 e. The summed E-state index contributed by atoms with van der Waals surface area (Å²) in [7, 11) is 0. The monoisotopic (exact) mass is 298 g/mol. The fraction of sp³-hybridized carbons (Fsp3) is 0.533. The molecular formula is C15H20F2N2O2. The second-order valence-electron chi connectivity index (χ2n) is 5.13. The highest BCUT2D eigenvalue weighted by atomic mass is 19.3. The average Bonchev–Trinajstić information content (AvgIpc) is 2.46. The summed E-state index contributed by atoms with van der Waals surface area (Å²) in [5.74, 6) is 0.595. The number of carbonyl (C=O) groups is 1. The quantitative estimate of drug-likeness (QED) is 0.831. The lowest BCUT2D eigenvalue weighted by atomic mass is 10.2. The lowest BCUT2D eigenvalue weighted by Crippen LogP contribution is -2.50. The van der Waals surface area contributed by atoms with Crippen LogP contribution in [0, 0.1) is 6.92 Å². The van der Waals surface area contributed by atoms with Crippen LogP contribution in [0.5, 0.6) is 5.75 Å². The predicted octanol–water partition coefficient (Wildman–Crippen LogP) is 1.78. The van der Waals surface area contributed by atoms with Crippen LogP contribution in [0.1, 0.15) is 5.56 Å². The van der Waals surface area contributed by atoms with Crippen molar-refractivity contribution in [3.63, 3.8) is 0 Å². The Hall–Kier alpha value is -1.69. The minimum Gasteiger partial charge on any atom is -0.484 e. The predicted molar refractivity (Wildman–Crippen MR) is 75.7 cm³/mol. The van der Waals surface area contributed by atoms with E-state index in [0.717, 1.165) is 5.56 Å². The summed E-state index contributed by atoms with van der Waals surface area (Å²) >= 11 is 0. The standard InChI is InChI=1S/C15H20F2N2O2/c1-12-4-2-3-5-13(12)21-11-15(20)19-8-6-18(7-9-19)10-14(16)17/h2-5,14H,6-11H2,1H3. The van der Waals surface area contributed by atoms with Crippen LogP contribution in [-0.4, -0.2) is 61.5 Å². The number of hydrogen-bond acceptors (Lipinski definition) is 3. The molecule has 1 heterocycles. The number of aryl methyl sites for hydroxylation is 1. The first-order valence-electron chi connectivity index (χ1n) is 7.03. The van der Waals surface area contributed by atoms with Gasteiger partial charge in [0.15, 0.2) is 6.61 Å². The first kappa shape index (κ1) is 15.7. The molecular weight excluding hydrogens is 278 g/mol. The van der Waals surface area contributed by atoms with E-state index in [4.69, 9.17) is 4.74 Å². The van der Waals surface area contributed by atoms with Crippen molar-refractivity contribution in [3.8, 4) is 5.75 Å². The van der Waals surface area contributed by atoms with Crippen molar-refractivity contribution in [3.05, 3.63) is 29.8 Å². The van der Waals surface area contributed by atoms with Gasteiger partial charge in [-0.1, -0.05) is 18.2 Å². The third-order valence-corrected chi connectivity index (χ3v) is 3.57. The van der Waals surface area contributed by atoms with Gasteiger partial charge in [0.25, 0.3) is 12.3 Å². The summed E-state index contributed by atoms with van der Waals surface area (Å²) in [6.45, 7) is 3.61. The van der Waals surface area contributed by atoms with Gasteiger partial charge in [0.2, 0.25) is 0 Å². The molecule has 1 amide bonds. The molecule has 116 valence electrons. The second kappa shape index (κ2) is 7.36. The third kappa shape index (κ3) is 4.67. The van der Waals surface area contributed by atoms with Crippen LogP contribution >= 0.6 is 0 Å². The van der Waals surface area contributed by atoms with E-state index in [9.17, 15) is 13.6 Å². The highest BCUT2D eigenvalue weighted by Gasteiger charge is 2.23. The molecule has 1 aliphatic rings. The number of ether oxygens (including phenoxy) is 1. The molecule has 1 fully saturated rings. The minimum atomic E-state index is -2.32. The number of piperazine rings is 1. The molecule has 0 N–H and O–H groups in total. The first-order chi connectivity index (χ1) is 10.1. The van der Waals surface area contributed by atoms with Gasteiger partial charge < -0.3 is 9.64 Å². The molecule has 0 bridgehead atoms. The van der Waals surface area contributed by atoms with Gasteiger partial charge in [0.05, 0.1) is 6.54 Å². The van der Waals surface area contributed by atoms with Crippen molar-refractivity contribution in [2.24, 2.45) is 0 Å². The third-order valence-electron chi connectivity index (χ3n) is 3.57. The van der Waals surface area contributed by atoms with Crippen molar-refractivity contribution in [2.75, 3.05) is 39.3 Å². The SMILES string of the molecule is Cc1ccccc1OCC(=O)N1CCN(CC(F)F)CC1. The topological polar surface area (TPSA) is 32.8 Å². The molecule has 0 saturated carbocycles. The van der Waals surface area contributed by atoms with E-state index in [1.54, 1.807) is 9.80 Å². The fourth-order valence-electron chi connectivity index (χ4n) is 2.32. The first-order valence-corrected chi connectivity index (χ1v) is 7.03. The van der Waals surface area contributed by atoms with Crippen LogP contribution in [0.25, 0.3) is 0 Å². The van der Waals surface area contributed by atoms with E-state index in [-0.39, 0.29) is 19.1 Å².